The number of amides is 1. The number of hydrogen-bond acceptors (Lipinski definition) is 7. The quantitative estimate of drug-likeness (QED) is 0.252. The van der Waals surface area contributed by atoms with Crippen LogP contribution in [0, 0.1) is 18.8 Å². The van der Waals surface area contributed by atoms with Crippen molar-refractivity contribution in [1.82, 2.24) is 9.80 Å². The van der Waals surface area contributed by atoms with Crippen molar-refractivity contribution in [3.8, 4) is 11.5 Å². The van der Waals surface area contributed by atoms with E-state index in [0.29, 0.717) is 49.6 Å². The fraction of sp³-hybridized carbons (Fsp3) is 0.605. The molecule has 46 heavy (non-hydrogen) atoms. The Hall–Kier alpha value is -3.39. The van der Waals surface area contributed by atoms with Crippen molar-refractivity contribution in [3.05, 3.63) is 58.7 Å². The van der Waals surface area contributed by atoms with Gasteiger partial charge in [-0.15, -0.1) is 0 Å². The average Bonchev–Trinajstić information content (AvgIpc) is 3.74. The molecule has 2 unspecified atom stereocenters. The van der Waals surface area contributed by atoms with Gasteiger partial charge in [0.05, 0.1) is 17.5 Å². The maximum Gasteiger partial charge on any atom is 0.308 e. The molecule has 5 aliphatic rings. The lowest BCUT2D eigenvalue weighted by Gasteiger charge is -2.65. The van der Waals surface area contributed by atoms with Gasteiger partial charge >= 0.3 is 11.9 Å². The van der Waals surface area contributed by atoms with Gasteiger partial charge in [-0.25, -0.2) is 0 Å². The highest BCUT2D eigenvalue weighted by atomic mass is 16.6. The molecule has 3 aliphatic carbocycles. The molecule has 8 nitrogen and oxygen atoms in total. The van der Waals surface area contributed by atoms with E-state index in [2.05, 4.69) is 54.8 Å². The van der Waals surface area contributed by atoms with E-state index in [9.17, 15) is 14.4 Å². The van der Waals surface area contributed by atoms with Crippen molar-refractivity contribution in [2.75, 3.05) is 19.6 Å². The minimum absolute atomic E-state index is 0.0198. The lowest BCUT2D eigenvalue weighted by molar-refractivity contribution is -0.224. The average molecular weight is 629 g/mol. The van der Waals surface area contributed by atoms with E-state index in [4.69, 9.17) is 14.2 Å². The van der Waals surface area contributed by atoms with Crippen LogP contribution in [0.2, 0.25) is 0 Å². The first-order valence-electron chi connectivity index (χ1n) is 17.3. The third kappa shape index (κ3) is 5.11. The zero-order valence-corrected chi connectivity index (χ0v) is 28.0. The Balaban J connectivity index is 1.32. The minimum Gasteiger partial charge on any atom is -0.483 e. The Morgan fingerprint density at radius 3 is 2.57 bits per heavy atom. The molecular weight excluding hydrogens is 580 g/mol. The van der Waals surface area contributed by atoms with E-state index in [-0.39, 0.29) is 29.9 Å². The summed E-state index contributed by atoms with van der Waals surface area (Å²) in [5, 5.41) is 0. The number of ether oxygens (including phenoxy) is 3. The van der Waals surface area contributed by atoms with Crippen molar-refractivity contribution in [1.29, 1.82) is 0 Å². The van der Waals surface area contributed by atoms with Gasteiger partial charge < -0.3 is 19.1 Å². The number of aryl methyl sites for hydroxylation is 2. The molecule has 246 valence electrons. The molecule has 2 aliphatic heterocycles. The number of hydrogen-bond donors (Lipinski definition) is 0. The molecule has 8 heteroatoms. The largest absolute Gasteiger partial charge is 0.483 e. The highest BCUT2D eigenvalue weighted by Gasteiger charge is 2.76. The molecule has 0 N–H and O–H groups in total. The predicted octanol–water partition coefficient (Wildman–Crippen LogP) is 5.54. The molecular formula is C38H48N2O6. The summed E-state index contributed by atoms with van der Waals surface area (Å²) in [5.41, 5.74) is 3.09. The maximum atomic E-state index is 14.3. The lowest BCUT2D eigenvalue weighted by atomic mass is 9.48. The van der Waals surface area contributed by atoms with Crippen LogP contribution >= 0.6 is 0 Å². The van der Waals surface area contributed by atoms with Crippen molar-refractivity contribution in [2.45, 2.75) is 115 Å². The first-order chi connectivity index (χ1) is 22.0. The van der Waals surface area contributed by atoms with E-state index < -0.39 is 23.1 Å². The maximum absolute atomic E-state index is 14.3. The molecule has 0 radical (unpaired) electrons. The second kappa shape index (κ2) is 11.7. The third-order valence-corrected chi connectivity index (χ3v) is 11.2. The van der Waals surface area contributed by atoms with Gasteiger partial charge in [-0.1, -0.05) is 49.7 Å². The number of esters is 2. The molecule has 3 fully saturated rings. The predicted molar refractivity (Wildman–Crippen MR) is 174 cm³/mol. The van der Waals surface area contributed by atoms with Gasteiger partial charge in [0, 0.05) is 38.9 Å². The molecule has 2 saturated carbocycles. The second-order valence-electron chi connectivity index (χ2n) is 15.0. The molecule has 2 bridgehead atoms. The molecule has 1 saturated heterocycles. The molecule has 5 atom stereocenters. The summed E-state index contributed by atoms with van der Waals surface area (Å²) in [7, 11) is 0. The van der Waals surface area contributed by atoms with Gasteiger partial charge in [-0.3, -0.25) is 19.3 Å². The lowest BCUT2D eigenvalue weighted by Crippen LogP contribution is -2.79. The molecule has 7 rings (SSSR count). The zero-order chi connectivity index (χ0) is 32.4. The first-order valence-corrected chi connectivity index (χ1v) is 17.3. The SMILES string of the molecule is CC(=O)Oc1ccc2c3c1OC1C(N(CC(C)C)C(=O)CCc4cccc(C)c4)CC[C@@]4(OC(C)=O)[C@@H](C2)N(CC2CC2)CC[C@]314. The number of rotatable bonds is 10. The van der Waals surface area contributed by atoms with Crippen LogP contribution in [0.25, 0.3) is 0 Å². The van der Waals surface area contributed by atoms with E-state index >= 15 is 0 Å². The topological polar surface area (TPSA) is 85.4 Å². The number of nitrogens with zero attached hydrogens (tertiary/aromatic N) is 2. The Bertz CT molecular complexity index is 1550. The van der Waals surface area contributed by atoms with Gasteiger partial charge in [-0.05, 0) is 87.4 Å². The second-order valence-corrected chi connectivity index (χ2v) is 15.0. The van der Waals surface area contributed by atoms with E-state index in [1.165, 1.54) is 37.8 Å². The summed E-state index contributed by atoms with van der Waals surface area (Å²) in [6.45, 7) is 11.8. The number of benzene rings is 2. The fourth-order valence-corrected chi connectivity index (χ4v) is 9.51. The molecule has 2 aromatic rings. The van der Waals surface area contributed by atoms with Crippen molar-refractivity contribution >= 4 is 17.8 Å². The number of piperidine rings is 1. The Labute approximate surface area is 272 Å². The van der Waals surface area contributed by atoms with Crippen LogP contribution in [0.3, 0.4) is 0 Å². The Morgan fingerprint density at radius 1 is 1.07 bits per heavy atom. The van der Waals surface area contributed by atoms with Crippen molar-refractivity contribution in [2.24, 2.45) is 11.8 Å². The Morgan fingerprint density at radius 2 is 1.87 bits per heavy atom. The summed E-state index contributed by atoms with van der Waals surface area (Å²) in [5.74, 6) is 1.39. The summed E-state index contributed by atoms with van der Waals surface area (Å²) in [4.78, 5) is 44.3. The molecule has 2 aromatic carbocycles. The van der Waals surface area contributed by atoms with Gasteiger partial charge in [0.15, 0.2) is 11.5 Å². The highest BCUT2D eigenvalue weighted by Crippen LogP contribution is 2.67. The number of carbonyl (C=O) groups is 3. The van der Waals surface area contributed by atoms with E-state index in [0.717, 1.165) is 37.1 Å². The fourth-order valence-electron chi connectivity index (χ4n) is 9.51. The van der Waals surface area contributed by atoms with Crippen LogP contribution in [0.4, 0.5) is 0 Å². The summed E-state index contributed by atoms with van der Waals surface area (Å²) >= 11 is 0. The summed E-state index contributed by atoms with van der Waals surface area (Å²) < 4.78 is 19.5. The smallest absolute Gasteiger partial charge is 0.308 e. The molecule has 2 heterocycles. The van der Waals surface area contributed by atoms with E-state index in [1.54, 1.807) is 0 Å². The summed E-state index contributed by atoms with van der Waals surface area (Å²) in [6, 6.07) is 12.1. The van der Waals surface area contributed by atoms with Crippen LogP contribution in [-0.2, 0) is 37.4 Å². The standard InChI is InChI=1S/C38H48N2O6/c1-23(2)21-40(33(43)14-11-27-8-6-7-24(3)19-27)30-15-16-38(46-26(5)42)32-20-29-12-13-31(44-25(4)41)35-34(29)37(38,36(30)45-35)17-18-39(32)22-28-9-10-28/h6-8,12-13,19,23,28,30,32,36H,9-11,14-18,20-22H2,1-5H3/t30?,32-,36?,37+,38-/m1/s1. The van der Waals surface area contributed by atoms with Gasteiger partial charge in [-0.2, -0.15) is 0 Å². The summed E-state index contributed by atoms with van der Waals surface area (Å²) in [6.07, 6.45) is 5.98. The zero-order valence-electron chi connectivity index (χ0n) is 28.0. The van der Waals surface area contributed by atoms with Crippen LogP contribution in [0.15, 0.2) is 36.4 Å². The van der Waals surface area contributed by atoms with E-state index in [1.807, 2.05) is 12.1 Å². The van der Waals surface area contributed by atoms with Gasteiger partial charge in [0.1, 0.15) is 11.7 Å². The molecule has 1 spiro atoms. The monoisotopic (exact) mass is 628 g/mol. The molecule has 1 amide bonds. The van der Waals surface area contributed by atoms with Crippen LogP contribution in [0.1, 0.15) is 88.5 Å². The minimum atomic E-state index is -0.797. The number of carbonyl (C=O) groups excluding carboxylic acids is 3. The third-order valence-electron chi connectivity index (χ3n) is 11.2. The molecule has 0 aromatic heterocycles. The van der Waals surface area contributed by atoms with Crippen molar-refractivity contribution < 1.29 is 28.6 Å². The van der Waals surface area contributed by atoms with Crippen LogP contribution < -0.4 is 9.47 Å². The number of likely N-dealkylation sites (tertiary alicyclic amines) is 1. The Kier molecular flexibility index (Phi) is 7.94. The van der Waals surface area contributed by atoms with Crippen LogP contribution in [0.5, 0.6) is 11.5 Å². The highest BCUT2D eigenvalue weighted by molar-refractivity contribution is 5.78. The van der Waals surface area contributed by atoms with Crippen molar-refractivity contribution in [3.63, 3.8) is 0 Å². The first kappa shape index (κ1) is 31.2. The normalized spacial score (nSPS) is 29.1. The van der Waals surface area contributed by atoms with Gasteiger partial charge in [0.25, 0.3) is 0 Å². The van der Waals surface area contributed by atoms with Crippen LogP contribution in [-0.4, -0.2) is 71.1 Å². The van der Waals surface area contributed by atoms with Gasteiger partial charge in [0.2, 0.25) is 5.91 Å².